The smallest absolute Gasteiger partial charge is 0.263 e. The number of nitrogens with zero attached hydrogens (tertiary/aromatic N) is 3. The summed E-state index contributed by atoms with van der Waals surface area (Å²) in [4.78, 5) is 15.3. The molecule has 0 saturated heterocycles. The van der Waals surface area contributed by atoms with Crippen molar-refractivity contribution in [2.75, 3.05) is 4.72 Å². The molecule has 3 heterocycles. The van der Waals surface area contributed by atoms with Crippen molar-refractivity contribution in [3.63, 3.8) is 0 Å². The molecule has 6 nitrogen and oxygen atoms in total. The Morgan fingerprint density at radius 3 is 2.43 bits per heavy atom. The Kier molecular flexibility index (Phi) is 4.60. The van der Waals surface area contributed by atoms with Gasteiger partial charge in [0.2, 0.25) is 0 Å². The minimum Gasteiger partial charge on any atom is -0.264 e. The molecule has 1 N–H and O–H groups in total. The number of rotatable bonds is 4. The van der Waals surface area contributed by atoms with E-state index in [0.717, 1.165) is 31.8 Å². The number of aromatic nitrogens is 3. The van der Waals surface area contributed by atoms with Gasteiger partial charge in [0.25, 0.3) is 10.0 Å². The summed E-state index contributed by atoms with van der Waals surface area (Å²) in [5, 5.41) is 0.728. The summed E-state index contributed by atoms with van der Waals surface area (Å²) in [5.41, 5.74) is 2.69. The number of fused-ring (bicyclic) bond motifs is 1. The number of benzene rings is 1. The van der Waals surface area contributed by atoms with Gasteiger partial charge in [0.1, 0.15) is 4.83 Å². The molecule has 0 aliphatic rings. The Morgan fingerprint density at radius 1 is 1.00 bits per heavy atom. The maximum Gasteiger partial charge on any atom is 0.263 e. The normalized spacial score (nSPS) is 11.7. The van der Waals surface area contributed by atoms with Crippen LogP contribution in [0.5, 0.6) is 0 Å². The Balaban J connectivity index is 1.88. The quantitative estimate of drug-likeness (QED) is 0.536. The summed E-state index contributed by atoms with van der Waals surface area (Å²) >= 11 is 1.52. The summed E-state index contributed by atoms with van der Waals surface area (Å²) in [7, 11) is -3.78. The van der Waals surface area contributed by atoms with Gasteiger partial charge in [-0.25, -0.2) is 18.4 Å². The summed E-state index contributed by atoms with van der Waals surface area (Å²) in [6.45, 7) is 5.85. The fourth-order valence-electron chi connectivity index (χ4n) is 2.85. The van der Waals surface area contributed by atoms with E-state index in [0.29, 0.717) is 5.82 Å². The molecule has 0 radical (unpaired) electrons. The SMILES string of the molecule is Cc1ccc(S(=O)(=O)Nc2nc(-c3cccnc3)nc3sc(C)c(C)c23)cc1. The standard InChI is InChI=1S/C20H18N4O2S2/c1-12-6-8-16(9-7-12)28(25,26)24-19-17-13(2)14(3)27-20(17)23-18(22-19)15-5-4-10-21-11-15/h4-11H,1-3H3,(H,22,23,24). The number of thiophene rings is 1. The van der Waals surface area contributed by atoms with Gasteiger partial charge in [-0.15, -0.1) is 11.3 Å². The lowest BCUT2D eigenvalue weighted by molar-refractivity contribution is 0.601. The van der Waals surface area contributed by atoms with E-state index in [-0.39, 0.29) is 10.7 Å². The van der Waals surface area contributed by atoms with Crippen LogP contribution in [0.4, 0.5) is 5.82 Å². The second-order valence-electron chi connectivity index (χ2n) is 6.52. The monoisotopic (exact) mass is 410 g/mol. The van der Waals surface area contributed by atoms with Gasteiger partial charge >= 0.3 is 0 Å². The van der Waals surface area contributed by atoms with Crippen LogP contribution in [0.15, 0.2) is 53.7 Å². The molecule has 0 aliphatic carbocycles. The van der Waals surface area contributed by atoms with Crippen LogP contribution in [0, 0.1) is 20.8 Å². The third kappa shape index (κ3) is 3.36. The second-order valence-corrected chi connectivity index (χ2v) is 9.41. The number of aryl methyl sites for hydroxylation is 3. The number of sulfonamides is 1. The molecular formula is C20H18N4O2S2. The molecule has 0 spiro atoms. The van der Waals surface area contributed by atoms with Crippen molar-refractivity contribution in [2.24, 2.45) is 0 Å². The van der Waals surface area contributed by atoms with Gasteiger partial charge in [0.15, 0.2) is 11.6 Å². The van der Waals surface area contributed by atoms with Gasteiger partial charge in [-0.05, 0) is 50.6 Å². The van der Waals surface area contributed by atoms with Crippen LogP contribution in [-0.4, -0.2) is 23.4 Å². The molecule has 4 rings (SSSR count). The molecule has 8 heteroatoms. The molecule has 0 aliphatic heterocycles. The fraction of sp³-hybridized carbons (Fsp3) is 0.150. The second kappa shape index (κ2) is 6.96. The molecule has 4 aromatic rings. The molecule has 28 heavy (non-hydrogen) atoms. The highest BCUT2D eigenvalue weighted by atomic mass is 32.2. The average Bonchev–Trinajstić information content (AvgIpc) is 2.96. The van der Waals surface area contributed by atoms with E-state index >= 15 is 0 Å². The first-order chi connectivity index (χ1) is 13.3. The van der Waals surface area contributed by atoms with Crippen molar-refractivity contribution in [3.05, 3.63) is 64.8 Å². The molecule has 0 bridgehead atoms. The third-order valence-corrected chi connectivity index (χ3v) is 6.97. The first-order valence-corrected chi connectivity index (χ1v) is 10.9. The number of pyridine rings is 1. The molecule has 3 aromatic heterocycles. The van der Waals surface area contributed by atoms with Crippen molar-refractivity contribution < 1.29 is 8.42 Å². The minimum absolute atomic E-state index is 0.192. The van der Waals surface area contributed by atoms with Gasteiger partial charge in [-0.1, -0.05) is 17.7 Å². The predicted octanol–water partition coefficient (Wildman–Crippen LogP) is 4.48. The van der Waals surface area contributed by atoms with E-state index in [9.17, 15) is 8.42 Å². The Bertz CT molecular complexity index is 1270. The number of hydrogen-bond donors (Lipinski definition) is 1. The van der Waals surface area contributed by atoms with Crippen LogP contribution < -0.4 is 4.72 Å². The number of hydrogen-bond acceptors (Lipinski definition) is 6. The highest BCUT2D eigenvalue weighted by molar-refractivity contribution is 7.92. The largest absolute Gasteiger partial charge is 0.264 e. The van der Waals surface area contributed by atoms with Crippen molar-refractivity contribution in [3.8, 4) is 11.4 Å². The highest BCUT2D eigenvalue weighted by Gasteiger charge is 2.21. The van der Waals surface area contributed by atoms with E-state index in [2.05, 4.69) is 19.7 Å². The van der Waals surface area contributed by atoms with Gasteiger partial charge < -0.3 is 0 Å². The van der Waals surface area contributed by atoms with Crippen molar-refractivity contribution in [1.82, 2.24) is 15.0 Å². The summed E-state index contributed by atoms with van der Waals surface area (Å²) in [5.74, 6) is 0.717. The molecular weight excluding hydrogens is 392 g/mol. The maximum atomic E-state index is 12.9. The number of nitrogens with one attached hydrogen (secondary N) is 1. The Morgan fingerprint density at radius 2 is 1.75 bits per heavy atom. The Hall–Kier alpha value is -2.84. The van der Waals surface area contributed by atoms with Crippen LogP contribution in [-0.2, 0) is 10.0 Å². The number of anilines is 1. The average molecular weight is 411 g/mol. The van der Waals surface area contributed by atoms with Gasteiger partial charge in [0.05, 0.1) is 10.3 Å². The summed E-state index contributed by atoms with van der Waals surface area (Å²) in [6, 6.07) is 10.4. The van der Waals surface area contributed by atoms with Crippen LogP contribution in [0.3, 0.4) is 0 Å². The zero-order valence-electron chi connectivity index (χ0n) is 15.6. The molecule has 142 valence electrons. The van der Waals surface area contributed by atoms with Crippen LogP contribution in [0.25, 0.3) is 21.6 Å². The van der Waals surface area contributed by atoms with Crippen LogP contribution >= 0.6 is 11.3 Å². The Labute approximate surface area is 167 Å². The first kappa shape index (κ1) is 18.5. The highest BCUT2D eigenvalue weighted by Crippen LogP contribution is 2.35. The van der Waals surface area contributed by atoms with E-state index in [4.69, 9.17) is 0 Å². The van der Waals surface area contributed by atoms with Crippen molar-refractivity contribution in [1.29, 1.82) is 0 Å². The minimum atomic E-state index is -3.78. The summed E-state index contributed by atoms with van der Waals surface area (Å²) < 4.78 is 28.6. The zero-order valence-corrected chi connectivity index (χ0v) is 17.2. The maximum absolute atomic E-state index is 12.9. The van der Waals surface area contributed by atoms with E-state index < -0.39 is 10.0 Å². The lowest BCUT2D eigenvalue weighted by Gasteiger charge is -2.11. The third-order valence-electron chi connectivity index (χ3n) is 4.51. The lowest BCUT2D eigenvalue weighted by Crippen LogP contribution is -2.15. The summed E-state index contributed by atoms with van der Waals surface area (Å²) in [6.07, 6.45) is 3.33. The van der Waals surface area contributed by atoms with Gasteiger partial charge in [0, 0.05) is 22.8 Å². The van der Waals surface area contributed by atoms with Crippen LogP contribution in [0.2, 0.25) is 0 Å². The predicted molar refractivity (Wildman–Crippen MR) is 112 cm³/mol. The topological polar surface area (TPSA) is 84.8 Å². The lowest BCUT2D eigenvalue weighted by atomic mass is 10.2. The molecule has 1 aromatic carbocycles. The van der Waals surface area contributed by atoms with Crippen molar-refractivity contribution >= 4 is 37.4 Å². The van der Waals surface area contributed by atoms with Crippen molar-refractivity contribution in [2.45, 2.75) is 25.7 Å². The molecule has 0 amide bonds. The first-order valence-electron chi connectivity index (χ1n) is 8.63. The molecule has 0 saturated carbocycles. The van der Waals surface area contributed by atoms with Crippen LogP contribution in [0.1, 0.15) is 16.0 Å². The molecule has 0 fully saturated rings. The van der Waals surface area contributed by atoms with E-state index in [1.807, 2.05) is 26.8 Å². The van der Waals surface area contributed by atoms with Gasteiger partial charge in [-0.3, -0.25) is 9.71 Å². The van der Waals surface area contributed by atoms with E-state index in [1.165, 1.54) is 11.3 Å². The fourth-order valence-corrected chi connectivity index (χ4v) is 4.89. The molecule has 0 unspecified atom stereocenters. The van der Waals surface area contributed by atoms with E-state index in [1.54, 1.807) is 42.7 Å². The van der Waals surface area contributed by atoms with Gasteiger partial charge in [-0.2, -0.15) is 0 Å². The zero-order chi connectivity index (χ0) is 19.9. The molecule has 0 atom stereocenters.